The van der Waals surface area contributed by atoms with Gasteiger partial charge in [0.15, 0.2) is 16.6 Å². The lowest BCUT2D eigenvalue weighted by atomic mass is 9.85. The van der Waals surface area contributed by atoms with Crippen LogP contribution in [-0.2, 0) is 11.2 Å². The van der Waals surface area contributed by atoms with Crippen LogP contribution in [0.4, 0.5) is 10.9 Å². The first kappa shape index (κ1) is 19.4. The van der Waals surface area contributed by atoms with Crippen LogP contribution in [0.1, 0.15) is 61.2 Å². The molecule has 0 radical (unpaired) electrons. The summed E-state index contributed by atoms with van der Waals surface area (Å²) >= 11 is 7.62. The van der Waals surface area contributed by atoms with Crippen molar-refractivity contribution in [1.82, 2.24) is 29.8 Å². The molecule has 2 fully saturated rings. The molecule has 3 aromatic heterocycles. The number of carbonyl (C=O) groups is 1. The predicted octanol–water partition coefficient (Wildman–Crippen LogP) is 3.24. The Balaban J connectivity index is 1.12. The SMILES string of the molecule is Nc1nc(Cl)nc2c1ncn2[C@H]1CC[C@@H](C(=O)Nc2nc3c(s2)[C@H]2CC[C@@H](C3)N2)CC1. The molecular formula is C20H23ClN8OS. The van der Waals surface area contributed by atoms with Crippen molar-refractivity contribution >= 4 is 51.0 Å². The van der Waals surface area contributed by atoms with Crippen molar-refractivity contribution in [2.45, 2.75) is 63.1 Å². The molecule has 1 saturated carbocycles. The van der Waals surface area contributed by atoms with Crippen LogP contribution in [0, 0.1) is 5.92 Å². The number of thiazole rings is 1. The molecule has 162 valence electrons. The fourth-order valence-corrected chi connectivity index (χ4v) is 6.52. The third-order valence-corrected chi connectivity index (χ3v) is 8.13. The van der Waals surface area contributed by atoms with E-state index in [2.05, 4.69) is 25.6 Å². The average Bonchev–Trinajstić information content (AvgIpc) is 3.46. The van der Waals surface area contributed by atoms with Crippen molar-refractivity contribution in [2.75, 3.05) is 11.1 Å². The van der Waals surface area contributed by atoms with Gasteiger partial charge >= 0.3 is 0 Å². The standard InChI is InChI=1S/C20H23ClN8OS/c21-19-26-16(22)14-17(27-19)29(8-23-14)11-4-1-9(2-5-11)18(30)28-20-25-13-7-10-3-6-12(24-10)15(13)31-20/h8-12,24H,1-7H2,(H2,22,26,27)(H,25,28,30)/t9-,10-,11+,12+/m0/s1. The minimum Gasteiger partial charge on any atom is -0.382 e. The van der Waals surface area contributed by atoms with Gasteiger partial charge in [-0.25, -0.2) is 9.97 Å². The Morgan fingerprint density at radius 3 is 2.87 bits per heavy atom. The molecule has 1 aliphatic carbocycles. The molecule has 0 unspecified atom stereocenters. The molecule has 1 amide bonds. The van der Waals surface area contributed by atoms with E-state index in [0.717, 1.165) is 37.2 Å². The number of hydrogen-bond donors (Lipinski definition) is 3. The molecule has 1 saturated heterocycles. The molecule has 2 bridgehead atoms. The van der Waals surface area contributed by atoms with Crippen molar-refractivity contribution in [2.24, 2.45) is 5.92 Å². The number of rotatable bonds is 3. The zero-order valence-electron chi connectivity index (χ0n) is 16.8. The quantitative estimate of drug-likeness (QED) is 0.514. The highest BCUT2D eigenvalue weighted by Gasteiger charge is 2.35. The van der Waals surface area contributed by atoms with Gasteiger partial charge in [-0.1, -0.05) is 11.3 Å². The van der Waals surface area contributed by atoms with E-state index in [1.807, 2.05) is 4.57 Å². The zero-order valence-corrected chi connectivity index (χ0v) is 18.4. The van der Waals surface area contributed by atoms with Gasteiger partial charge in [0.2, 0.25) is 11.2 Å². The number of anilines is 2. The molecule has 2 atom stereocenters. The fourth-order valence-electron chi connectivity index (χ4n) is 5.26. The number of nitrogens with zero attached hydrogens (tertiary/aromatic N) is 5. The number of nitrogen functional groups attached to an aromatic ring is 1. The lowest BCUT2D eigenvalue weighted by Crippen LogP contribution is -2.31. The maximum atomic E-state index is 12.9. The van der Waals surface area contributed by atoms with E-state index in [9.17, 15) is 4.79 Å². The van der Waals surface area contributed by atoms with Crippen molar-refractivity contribution in [1.29, 1.82) is 0 Å². The highest BCUT2D eigenvalue weighted by atomic mass is 35.5. The van der Waals surface area contributed by atoms with Crippen LogP contribution < -0.4 is 16.4 Å². The van der Waals surface area contributed by atoms with Crippen LogP contribution in [0.2, 0.25) is 5.28 Å². The molecule has 0 aromatic carbocycles. The van der Waals surface area contributed by atoms with E-state index >= 15 is 0 Å². The predicted molar refractivity (Wildman–Crippen MR) is 119 cm³/mol. The number of nitrogens with two attached hydrogens (primary N) is 1. The Morgan fingerprint density at radius 2 is 2.03 bits per heavy atom. The number of aromatic nitrogens is 5. The second-order valence-corrected chi connectivity index (χ2v) is 10.1. The van der Waals surface area contributed by atoms with Gasteiger partial charge in [0.1, 0.15) is 5.52 Å². The average molecular weight is 459 g/mol. The highest BCUT2D eigenvalue weighted by molar-refractivity contribution is 7.16. The van der Waals surface area contributed by atoms with Crippen LogP contribution in [-0.4, -0.2) is 36.5 Å². The van der Waals surface area contributed by atoms with Crippen molar-refractivity contribution in [3.05, 3.63) is 22.2 Å². The van der Waals surface area contributed by atoms with E-state index in [-0.39, 0.29) is 29.0 Å². The fraction of sp³-hybridized carbons (Fsp3) is 0.550. The minimum absolute atomic E-state index is 0.00942. The molecule has 0 spiro atoms. The first-order chi connectivity index (χ1) is 15.0. The number of imidazole rings is 1. The molecule has 5 heterocycles. The number of fused-ring (bicyclic) bond motifs is 5. The molecule has 3 aliphatic rings. The van der Waals surface area contributed by atoms with Gasteiger partial charge in [0.05, 0.1) is 12.0 Å². The highest BCUT2D eigenvalue weighted by Crippen LogP contribution is 2.41. The summed E-state index contributed by atoms with van der Waals surface area (Å²) in [7, 11) is 0. The Kier molecular flexibility index (Phi) is 4.62. The van der Waals surface area contributed by atoms with E-state index in [1.165, 1.54) is 23.4 Å². The number of carbonyl (C=O) groups excluding carboxylic acids is 1. The van der Waals surface area contributed by atoms with Gasteiger partial charge in [-0.15, -0.1) is 0 Å². The van der Waals surface area contributed by atoms with Gasteiger partial charge in [-0.3, -0.25) is 4.79 Å². The number of hydrogen-bond acceptors (Lipinski definition) is 8. The van der Waals surface area contributed by atoms with Crippen molar-refractivity contribution < 1.29 is 4.79 Å². The smallest absolute Gasteiger partial charge is 0.229 e. The normalized spacial score (nSPS) is 27.4. The van der Waals surface area contributed by atoms with Crippen LogP contribution >= 0.6 is 22.9 Å². The summed E-state index contributed by atoms with van der Waals surface area (Å²) < 4.78 is 2.02. The number of amides is 1. The lowest BCUT2D eigenvalue weighted by Gasteiger charge is -2.28. The third kappa shape index (κ3) is 3.37. The Hall–Kier alpha value is -2.30. The van der Waals surface area contributed by atoms with E-state index in [1.54, 1.807) is 17.7 Å². The molecule has 4 N–H and O–H groups in total. The largest absolute Gasteiger partial charge is 0.382 e. The summed E-state index contributed by atoms with van der Waals surface area (Å²) in [5, 5.41) is 7.59. The number of nitrogens with one attached hydrogen (secondary N) is 2. The summed E-state index contributed by atoms with van der Waals surface area (Å²) in [4.78, 5) is 31.6. The first-order valence-corrected chi connectivity index (χ1v) is 12.0. The Morgan fingerprint density at radius 1 is 1.19 bits per heavy atom. The molecular weight excluding hydrogens is 436 g/mol. The first-order valence-electron chi connectivity index (χ1n) is 10.8. The van der Waals surface area contributed by atoms with Gasteiger partial charge < -0.3 is 20.9 Å². The lowest BCUT2D eigenvalue weighted by molar-refractivity contribution is -0.120. The molecule has 31 heavy (non-hydrogen) atoms. The topological polar surface area (TPSA) is 124 Å². The van der Waals surface area contributed by atoms with Crippen LogP contribution in [0.5, 0.6) is 0 Å². The summed E-state index contributed by atoms with van der Waals surface area (Å²) in [5.74, 6) is 0.356. The molecule has 2 aliphatic heterocycles. The Bertz CT molecular complexity index is 1170. The summed E-state index contributed by atoms with van der Waals surface area (Å²) in [6.45, 7) is 0. The maximum Gasteiger partial charge on any atom is 0.229 e. The van der Waals surface area contributed by atoms with E-state index in [4.69, 9.17) is 22.3 Å². The second kappa shape index (κ2) is 7.39. The minimum atomic E-state index is -0.00942. The summed E-state index contributed by atoms with van der Waals surface area (Å²) in [5.41, 5.74) is 8.31. The molecule has 11 heteroatoms. The third-order valence-electron chi connectivity index (χ3n) is 6.84. The van der Waals surface area contributed by atoms with Crippen LogP contribution in [0.15, 0.2) is 6.33 Å². The zero-order chi connectivity index (χ0) is 21.1. The van der Waals surface area contributed by atoms with E-state index in [0.29, 0.717) is 23.2 Å². The van der Waals surface area contributed by atoms with E-state index < -0.39 is 0 Å². The van der Waals surface area contributed by atoms with Crippen molar-refractivity contribution in [3.63, 3.8) is 0 Å². The Labute approximate surface area is 187 Å². The summed E-state index contributed by atoms with van der Waals surface area (Å²) in [6.07, 6.45) is 8.46. The second-order valence-electron chi connectivity index (χ2n) is 8.72. The maximum absolute atomic E-state index is 12.9. The summed E-state index contributed by atoms with van der Waals surface area (Å²) in [6, 6.07) is 1.19. The molecule has 3 aromatic rings. The van der Waals surface area contributed by atoms with Gasteiger partial charge in [0, 0.05) is 35.3 Å². The van der Waals surface area contributed by atoms with Crippen LogP contribution in [0.25, 0.3) is 11.2 Å². The van der Waals surface area contributed by atoms with Crippen LogP contribution in [0.3, 0.4) is 0 Å². The molecule has 6 rings (SSSR count). The number of halogens is 1. The van der Waals surface area contributed by atoms with Gasteiger partial charge in [-0.2, -0.15) is 9.97 Å². The van der Waals surface area contributed by atoms with Gasteiger partial charge in [-0.05, 0) is 50.1 Å². The monoisotopic (exact) mass is 458 g/mol. The molecule has 9 nitrogen and oxygen atoms in total. The van der Waals surface area contributed by atoms with Gasteiger partial charge in [0.25, 0.3) is 0 Å². The van der Waals surface area contributed by atoms with Crippen molar-refractivity contribution in [3.8, 4) is 0 Å².